The number of halogens is 1. The Kier molecular flexibility index (Phi) is 7.99. The van der Waals surface area contributed by atoms with Gasteiger partial charge in [-0.1, -0.05) is 24.4 Å². The second-order valence-corrected chi connectivity index (χ2v) is 6.93. The van der Waals surface area contributed by atoms with Crippen LogP contribution in [0, 0.1) is 5.92 Å². The number of hydrogen-bond donors (Lipinski definition) is 2. The largest absolute Gasteiger partial charge is 0.353 e. The molecule has 1 unspecified atom stereocenters. The summed E-state index contributed by atoms with van der Waals surface area (Å²) >= 11 is 0. The van der Waals surface area contributed by atoms with Crippen molar-refractivity contribution in [3.8, 4) is 0 Å². The molecule has 1 atom stereocenters. The Labute approximate surface area is 149 Å². The van der Waals surface area contributed by atoms with Crippen molar-refractivity contribution in [3.63, 3.8) is 0 Å². The van der Waals surface area contributed by atoms with Gasteiger partial charge in [0.25, 0.3) is 0 Å². The molecular formula is C17H29ClN4O2. The van der Waals surface area contributed by atoms with Gasteiger partial charge in [0.15, 0.2) is 5.82 Å². The van der Waals surface area contributed by atoms with E-state index in [9.17, 15) is 4.79 Å². The van der Waals surface area contributed by atoms with Crippen molar-refractivity contribution in [2.24, 2.45) is 5.92 Å². The van der Waals surface area contributed by atoms with Gasteiger partial charge in [-0.25, -0.2) is 0 Å². The highest BCUT2D eigenvalue weighted by molar-refractivity contribution is 5.85. The summed E-state index contributed by atoms with van der Waals surface area (Å²) in [5.41, 5.74) is 0. The van der Waals surface area contributed by atoms with E-state index in [0.29, 0.717) is 23.7 Å². The maximum absolute atomic E-state index is 12.1. The van der Waals surface area contributed by atoms with Gasteiger partial charge in [-0.05, 0) is 51.1 Å². The molecular weight excluding hydrogens is 328 g/mol. The molecule has 1 aliphatic heterocycles. The lowest BCUT2D eigenvalue weighted by Gasteiger charge is -2.22. The molecule has 2 fully saturated rings. The topological polar surface area (TPSA) is 80.1 Å². The van der Waals surface area contributed by atoms with Crippen molar-refractivity contribution in [1.29, 1.82) is 0 Å². The molecule has 0 aromatic carbocycles. The Morgan fingerprint density at radius 3 is 2.79 bits per heavy atom. The number of carbonyl (C=O) groups excluding carboxylic acids is 1. The monoisotopic (exact) mass is 356 g/mol. The van der Waals surface area contributed by atoms with Crippen LogP contribution in [0.1, 0.15) is 63.1 Å². The van der Waals surface area contributed by atoms with Gasteiger partial charge in [-0.2, -0.15) is 4.98 Å². The first-order chi connectivity index (χ1) is 11.3. The molecule has 0 spiro atoms. The minimum atomic E-state index is 0. The lowest BCUT2D eigenvalue weighted by Crippen LogP contribution is -2.37. The molecule has 136 valence electrons. The van der Waals surface area contributed by atoms with E-state index in [0.717, 1.165) is 38.8 Å². The minimum absolute atomic E-state index is 0. The van der Waals surface area contributed by atoms with Crippen molar-refractivity contribution in [2.45, 2.75) is 70.3 Å². The fourth-order valence-electron chi connectivity index (χ4n) is 3.66. The third-order valence-corrected chi connectivity index (χ3v) is 4.96. The highest BCUT2D eigenvalue weighted by atomic mass is 35.5. The lowest BCUT2D eigenvalue weighted by atomic mass is 9.95. The number of hydrogen-bond acceptors (Lipinski definition) is 5. The van der Waals surface area contributed by atoms with Gasteiger partial charge in [0.05, 0.1) is 6.42 Å². The number of rotatable bonds is 5. The fourth-order valence-corrected chi connectivity index (χ4v) is 3.66. The van der Waals surface area contributed by atoms with E-state index in [1.165, 1.54) is 32.1 Å². The molecule has 2 heterocycles. The van der Waals surface area contributed by atoms with Gasteiger partial charge >= 0.3 is 0 Å². The second-order valence-electron chi connectivity index (χ2n) is 6.93. The summed E-state index contributed by atoms with van der Waals surface area (Å²) in [7, 11) is 0. The second kappa shape index (κ2) is 9.99. The first-order valence-corrected chi connectivity index (χ1v) is 9.11. The Morgan fingerprint density at radius 2 is 1.96 bits per heavy atom. The van der Waals surface area contributed by atoms with E-state index in [-0.39, 0.29) is 24.7 Å². The number of nitrogens with zero attached hydrogens (tertiary/aromatic N) is 2. The van der Waals surface area contributed by atoms with Crippen molar-refractivity contribution in [3.05, 3.63) is 11.7 Å². The molecule has 3 rings (SSSR count). The maximum atomic E-state index is 12.1. The molecule has 24 heavy (non-hydrogen) atoms. The highest BCUT2D eigenvalue weighted by Crippen LogP contribution is 2.19. The highest BCUT2D eigenvalue weighted by Gasteiger charge is 2.19. The Hall–Kier alpha value is -1.14. The van der Waals surface area contributed by atoms with Crippen LogP contribution >= 0.6 is 12.4 Å². The molecule has 1 saturated heterocycles. The van der Waals surface area contributed by atoms with Crippen molar-refractivity contribution >= 4 is 18.3 Å². The van der Waals surface area contributed by atoms with E-state index in [1.807, 2.05) is 0 Å². The van der Waals surface area contributed by atoms with E-state index >= 15 is 0 Å². The van der Waals surface area contributed by atoms with Crippen molar-refractivity contribution in [2.75, 3.05) is 13.1 Å². The standard InChI is InChI=1S/C17H28N4O2.ClH/c22-16(19-14-6-2-1-3-7-14)12-15-20-17(23-21-15)11-13-5-4-9-18-10-8-13;/h13-14,18H,1-12H2,(H,19,22);1H. The summed E-state index contributed by atoms with van der Waals surface area (Å²) in [5.74, 6) is 1.81. The average Bonchev–Trinajstić information content (AvgIpc) is 2.81. The normalized spacial score (nSPS) is 22.4. The van der Waals surface area contributed by atoms with Crippen LogP contribution in [0.4, 0.5) is 0 Å². The first kappa shape index (κ1) is 19.2. The van der Waals surface area contributed by atoms with Gasteiger partial charge in [-0.3, -0.25) is 4.79 Å². The third kappa shape index (κ3) is 6.06. The summed E-state index contributed by atoms with van der Waals surface area (Å²) in [4.78, 5) is 16.5. The smallest absolute Gasteiger partial charge is 0.228 e. The summed E-state index contributed by atoms with van der Waals surface area (Å²) in [6.45, 7) is 2.17. The minimum Gasteiger partial charge on any atom is -0.353 e. The molecule has 7 heteroatoms. The maximum Gasteiger partial charge on any atom is 0.228 e. The summed E-state index contributed by atoms with van der Waals surface area (Å²) in [6.07, 6.45) is 10.5. The predicted molar refractivity (Wildman–Crippen MR) is 94.2 cm³/mol. The van der Waals surface area contributed by atoms with Crippen LogP contribution in [-0.2, 0) is 17.6 Å². The molecule has 2 aliphatic rings. The number of nitrogens with one attached hydrogen (secondary N) is 2. The molecule has 6 nitrogen and oxygen atoms in total. The quantitative estimate of drug-likeness (QED) is 0.846. The lowest BCUT2D eigenvalue weighted by molar-refractivity contribution is -0.121. The Morgan fingerprint density at radius 1 is 1.12 bits per heavy atom. The van der Waals surface area contributed by atoms with Gasteiger partial charge in [-0.15, -0.1) is 12.4 Å². The fraction of sp³-hybridized carbons (Fsp3) is 0.824. The predicted octanol–water partition coefficient (Wildman–Crippen LogP) is 2.42. The van der Waals surface area contributed by atoms with Gasteiger partial charge in [0, 0.05) is 12.5 Å². The van der Waals surface area contributed by atoms with E-state index < -0.39 is 0 Å². The molecule has 1 amide bonds. The van der Waals surface area contributed by atoms with Crippen molar-refractivity contribution in [1.82, 2.24) is 20.8 Å². The Balaban J connectivity index is 0.00000208. The number of aromatic nitrogens is 2. The molecule has 0 radical (unpaired) electrons. The van der Waals surface area contributed by atoms with Crippen LogP contribution in [-0.4, -0.2) is 35.2 Å². The molecule has 0 bridgehead atoms. The summed E-state index contributed by atoms with van der Waals surface area (Å²) in [6, 6.07) is 0.334. The molecule has 1 aromatic rings. The molecule has 1 aromatic heterocycles. The van der Waals surface area contributed by atoms with E-state index in [2.05, 4.69) is 20.8 Å². The summed E-state index contributed by atoms with van der Waals surface area (Å²) in [5, 5.41) is 10.5. The third-order valence-electron chi connectivity index (χ3n) is 4.96. The van der Waals surface area contributed by atoms with Crippen LogP contribution in [0.25, 0.3) is 0 Å². The van der Waals surface area contributed by atoms with Crippen LogP contribution < -0.4 is 10.6 Å². The van der Waals surface area contributed by atoms with Crippen LogP contribution in [0.3, 0.4) is 0 Å². The van der Waals surface area contributed by atoms with Gasteiger partial charge in [0.2, 0.25) is 11.8 Å². The van der Waals surface area contributed by atoms with Crippen LogP contribution in [0.2, 0.25) is 0 Å². The van der Waals surface area contributed by atoms with Crippen molar-refractivity contribution < 1.29 is 9.32 Å². The Bertz CT molecular complexity index is 495. The number of amides is 1. The average molecular weight is 357 g/mol. The van der Waals surface area contributed by atoms with Crippen LogP contribution in [0.15, 0.2) is 4.52 Å². The zero-order chi connectivity index (χ0) is 15.9. The van der Waals surface area contributed by atoms with Crippen LogP contribution in [0.5, 0.6) is 0 Å². The summed E-state index contributed by atoms with van der Waals surface area (Å²) < 4.78 is 5.34. The molecule has 1 saturated carbocycles. The zero-order valence-corrected chi connectivity index (χ0v) is 15.1. The van der Waals surface area contributed by atoms with E-state index in [1.54, 1.807) is 0 Å². The zero-order valence-electron chi connectivity index (χ0n) is 14.3. The van der Waals surface area contributed by atoms with Gasteiger partial charge < -0.3 is 15.2 Å². The first-order valence-electron chi connectivity index (χ1n) is 9.11. The van der Waals surface area contributed by atoms with E-state index in [4.69, 9.17) is 4.52 Å². The molecule has 2 N–H and O–H groups in total. The molecule has 1 aliphatic carbocycles. The number of carbonyl (C=O) groups is 1. The SMILES string of the molecule is Cl.O=C(Cc1noc(CC2CCCNCC2)n1)NC1CCCCC1. The van der Waals surface area contributed by atoms with Gasteiger partial charge in [0.1, 0.15) is 0 Å².